The van der Waals surface area contributed by atoms with Gasteiger partial charge in [-0.15, -0.1) is 0 Å². The van der Waals surface area contributed by atoms with E-state index in [1.54, 1.807) is 60.7 Å². The molecule has 3 aromatic carbocycles. The summed E-state index contributed by atoms with van der Waals surface area (Å²) in [7, 11) is -3.68. The quantitative estimate of drug-likeness (QED) is 0.231. The van der Waals surface area contributed by atoms with Gasteiger partial charge in [0.15, 0.2) is 0 Å². The maximum absolute atomic E-state index is 12.4. The first kappa shape index (κ1) is 24.7. The fourth-order valence-electron chi connectivity index (χ4n) is 3.20. The van der Waals surface area contributed by atoms with Crippen LogP contribution in [0.3, 0.4) is 0 Å². The lowest BCUT2D eigenvalue weighted by molar-refractivity contribution is -0.119. The summed E-state index contributed by atoms with van der Waals surface area (Å²) in [5.41, 5.74) is 5.63. The van der Waals surface area contributed by atoms with Crippen molar-refractivity contribution in [3.63, 3.8) is 0 Å². The minimum absolute atomic E-state index is 0.368. The second kappa shape index (κ2) is 10.8. The first-order valence-electron chi connectivity index (χ1n) is 10.4. The molecule has 0 atom stereocenters. The van der Waals surface area contributed by atoms with Crippen molar-refractivity contribution in [1.82, 2.24) is 5.43 Å². The van der Waals surface area contributed by atoms with Crippen molar-refractivity contribution in [2.24, 2.45) is 5.10 Å². The molecule has 0 fully saturated rings. The van der Waals surface area contributed by atoms with Crippen LogP contribution in [0.5, 0.6) is 5.75 Å². The Bertz CT molecular complexity index is 1280. The molecule has 3 aromatic rings. The van der Waals surface area contributed by atoms with Gasteiger partial charge in [-0.3, -0.25) is 9.10 Å². The normalized spacial score (nSPS) is 11.3. The molecule has 0 spiro atoms. The second-order valence-electron chi connectivity index (χ2n) is 7.73. The Kier molecular flexibility index (Phi) is 7.80. The summed E-state index contributed by atoms with van der Waals surface area (Å²) in [6, 6.07) is 20.5. The Labute approximate surface area is 198 Å². The highest BCUT2D eigenvalue weighted by atomic mass is 32.2. The van der Waals surface area contributed by atoms with Gasteiger partial charge in [0.25, 0.3) is 5.91 Å². The molecule has 34 heavy (non-hydrogen) atoms. The van der Waals surface area contributed by atoms with E-state index in [1.807, 2.05) is 26.0 Å². The summed E-state index contributed by atoms with van der Waals surface area (Å²) in [6.07, 6.45) is 2.45. The van der Waals surface area contributed by atoms with Crippen molar-refractivity contribution in [3.05, 3.63) is 95.1 Å². The van der Waals surface area contributed by atoms with Crippen LogP contribution < -0.4 is 14.5 Å². The van der Waals surface area contributed by atoms with Gasteiger partial charge < -0.3 is 4.74 Å². The van der Waals surface area contributed by atoms with E-state index in [-0.39, 0.29) is 0 Å². The topological polar surface area (TPSA) is 105 Å². The molecule has 0 bridgehead atoms. The van der Waals surface area contributed by atoms with Gasteiger partial charge in [-0.05, 0) is 79.1 Å². The number of ether oxygens (including phenoxy) is 1. The van der Waals surface area contributed by atoms with Crippen molar-refractivity contribution < 1.29 is 22.7 Å². The second-order valence-corrected chi connectivity index (χ2v) is 9.64. The van der Waals surface area contributed by atoms with Crippen LogP contribution in [-0.4, -0.2) is 39.3 Å². The molecule has 0 heterocycles. The zero-order chi connectivity index (χ0) is 24.7. The van der Waals surface area contributed by atoms with E-state index < -0.39 is 28.4 Å². The third kappa shape index (κ3) is 7.01. The predicted octanol–water partition coefficient (Wildman–Crippen LogP) is 3.44. The molecular weight excluding hydrogens is 454 g/mol. The number of rotatable bonds is 8. The monoisotopic (exact) mass is 479 g/mol. The Morgan fingerprint density at radius 1 is 0.971 bits per heavy atom. The van der Waals surface area contributed by atoms with Gasteiger partial charge in [-0.1, -0.05) is 24.3 Å². The molecule has 0 aliphatic rings. The average molecular weight is 480 g/mol. The van der Waals surface area contributed by atoms with Crippen molar-refractivity contribution in [1.29, 1.82) is 0 Å². The standard InChI is InChI=1S/C25H25N3O5S/c1-18-13-19(2)15-22(14-18)28(34(3,31)32)17-24(29)27-26-16-20-9-11-23(12-10-20)33-25(30)21-7-5-4-6-8-21/h4-16H,17H2,1-3H3,(H,27,29)/b26-16-. The van der Waals surface area contributed by atoms with Gasteiger partial charge in [0.1, 0.15) is 12.3 Å². The average Bonchev–Trinajstić information content (AvgIpc) is 2.78. The molecule has 0 saturated carbocycles. The number of anilines is 1. The minimum atomic E-state index is -3.68. The summed E-state index contributed by atoms with van der Waals surface area (Å²) in [4.78, 5) is 24.5. The van der Waals surface area contributed by atoms with Crippen LogP contribution in [0.2, 0.25) is 0 Å². The molecule has 0 saturated heterocycles. The molecule has 0 aliphatic heterocycles. The number of hydrogen-bond acceptors (Lipinski definition) is 6. The smallest absolute Gasteiger partial charge is 0.343 e. The zero-order valence-corrected chi connectivity index (χ0v) is 19.9. The lowest BCUT2D eigenvalue weighted by Gasteiger charge is -2.22. The van der Waals surface area contributed by atoms with Crippen LogP contribution in [0, 0.1) is 13.8 Å². The van der Waals surface area contributed by atoms with Crippen LogP contribution in [-0.2, 0) is 14.8 Å². The van der Waals surface area contributed by atoms with Crippen LogP contribution in [0.15, 0.2) is 77.9 Å². The maximum atomic E-state index is 12.4. The van der Waals surface area contributed by atoms with Gasteiger partial charge in [0.2, 0.25) is 10.0 Å². The number of hydrazone groups is 1. The van der Waals surface area contributed by atoms with Gasteiger partial charge in [0.05, 0.1) is 23.7 Å². The molecule has 9 heteroatoms. The molecule has 176 valence electrons. The Morgan fingerprint density at radius 3 is 2.18 bits per heavy atom. The van der Waals surface area contributed by atoms with Crippen LogP contribution in [0.1, 0.15) is 27.0 Å². The Hall–Kier alpha value is -3.98. The molecule has 8 nitrogen and oxygen atoms in total. The van der Waals surface area contributed by atoms with Gasteiger partial charge in [-0.2, -0.15) is 5.10 Å². The Balaban J connectivity index is 1.59. The Morgan fingerprint density at radius 2 is 1.59 bits per heavy atom. The fourth-order valence-corrected chi connectivity index (χ4v) is 4.04. The molecule has 3 rings (SSSR count). The van der Waals surface area contributed by atoms with Crippen molar-refractivity contribution in [3.8, 4) is 5.75 Å². The van der Waals surface area contributed by atoms with Gasteiger partial charge in [-0.25, -0.2) is 18.6 Å². The molecule has 0 aliphatic carbocycles. The number of esters is 1. The number of aryl methyl sites for hydroxylation is 2. The SMILES string of the molecule is Cc1cc(C)cc(N(CC(=O)N/N=C\c2ccc(OC(=O)c3ccccc3)cc2)S(C)(=O)=O)c1. The van der Waals surface area contributed by atoms with Crippen LogP contribution >= 0.6 is 0 Å². The lowest BCUT2D eigenvalue weighted by Crippen LogP contribution is -2.39. The number of hydrogen-bond donors (Lipinski definition) is 1. The number of carbonyl (C=O) groups excluding carboxylic acids is 2. The predicted molar refractivity (Wildman–Crippen MR) is 132 cm³/mol. The fraction of sp³-hybridized carbons (Fsp3) is 0.160. The zero-order valence-electron chi connectivity index (χ0n) is 19.1. The molecule has 0 radical (unpaired) electrons. The first-order chi connectivity index (χ1) is 16.1. The molecule has 0 unspecified atom stereocenters. The summed E-state index contributed by atoms with van der Waals surface area (Å²) >= 11 is 0. The highest BCUT2D eigenvalue weighted by Gasteiger charge is 2.21. The van der Waals surface area contributed by atoms with Crippen LogP contribution in [0.25, 0.3) is 0 Å². The number of nitrogens with zero attached hydrogens (tertiary/aromatic N) is 2. The summed E-state index contributed by atoms with van der Waals surface area (Å²) in [6.45, 7) is 3.30. The molecular formula is C25H25N3O5S. The van der Waals surface area contributed by atoms with Gasteiger partial charge >= 0.3 is 5.97 Å². The molecule has 0 aromatic heterocycles. The summed E-state index contributed by atoms with van der Waals surface area (Å²) < 4.78 is 30.9. The minimum Gasteiger partial charge on any atom is -0.423 e. The number of nitrogens with one attached hydrogen (secondary N) is 1. The summed E-state index contributed by atoms with van der Waals surface area (Å²) in [5.74, 6) is -0.685. The van der Waals surface area contributed by atoms with E-state index in [0.717, 1.165) is 21.7 Å². The van der Waals surface area contributed by atoms with E-state index in [4.69, 9.17) is 4.74 Å². The highest BCUT2D eigenvalue weighted by Crippen LogP contribution is 2.21. The highest BCUT2D eigenvalue weighted by molar-refractivity contribution is 7.92. The van der Waals surface area contributed by atoms with Gasteiger partial charge in [0, 0.05) is 0 Å². The molecule has 1 N–H and O–H groups in total. The van der Waals surface area contributed by atoms with E-state index in [1.165, 1.54) is 6.21 Å². The van der Waals surface area contributed by atoms with E-state index in [2.05, 4.69) is 10.5 Å². The number of sulfonamides is 1. The van der Waals surface area contributed by atoms with Crippen molar-refractivity contribution >= 4 is 33.8 Å². The molecule has 1 amide bonds. The lowest BCUT2D eigenvalue weighted by atomic mass is 10.1. The third-order valence-corrected chi connectivity index (χ3v) is 5.83. The van der Waals surface area contributed by atoms with E-state index >= 15 is 0 Å². The summed E-state index contributed by atoms with van der Waals surface area (Å²) in [5, 5.41) is 3.89. The number of amides is 1. The van der Waals surface area contributed by atoms with E-state index in [9.17, 15) is 18.0 Å². The number of carbonyl (C=O) groups is 2. The first-order valence-corrected chi connectivity index (χ1v) is 12.2. The third-order valence-electron chi connectivity index (χ3n) is 4.68. The maximum Gasteiger partial charge on any atom is 0.343 e. The van der Waals surface area contributed by atoms with Crippen LogP contribution in [0.4, 0.5) is 5.69 Å². The van der Waals surface area contributed by atoms with E-state index in [0.29, 0.717) is 22.6 Å². The van der Waals surface area contributed by atoms with Crippen molar-refractivity contribution in [2.45, 2.75) is 13.8 Å². The van der Waals surface area contributed by atoms with Crippen molar-refractivity contribution in [2.75, 3.05) is 17.1 Å². The number of benzene rings is 3. The largest absolute Gasteiger partial charge is 0.423 e.